The van der Waals surface area contributed by atoms with Crippen molar-refractivity contribution in [2.24, 2.45) is 0 Å². The van der Waals surface area contributed by atoms with Crippen molar-refractivity contribution in [1.82, 2.24) is 10.2 Å². The zero-order valence-electron chi connectivity index (χ0n) is 15.2. The second-order valence-corrected chi connectivity index (χ2v) is 6.82. The zero-order chi connectivity index (χ0) is 19.8. The van der Waals surface area contributed by atoms with Gasteiger partial charge in [-0.25, -0.2) is 0 Å². The van der Waals surface area contributed by atoms with Crippen molar-refractivity contribution in [3.05, 3.63) is 64.1 Å². The van der Waals surface area contributed by atoms with E-state index in [1.807, 2.05) is 30.3 Å². The summed E-state index contributed by atoms with van der Waals surface area (Å²) in [6, 6.07) is 13.9. The minimum absolute atomic E-state index is 0.225. The minimum atomic E-state index is -0.615. The number of nitrogens with zero attached hydrogens (tertiary/aromatic N) is 1. The fourth-order valence-electron chi connectivity index (χ4n) is 2.59. The molecule has 2 aromatic carbocycles. The largest absolute Gasteiger partial charge is 0.482 e. The SMILES string of the molecule is CNC(=O)C(C)N(CCc1ccccc1)C(=O)COc1ccc(Cl)cc1Cl. The quantitative estimate of drug-likeness (QED) is 0.725. The van der Waals surface area contributed by atoms with Gasteiger partial charge in [0.1, 0.15) is 11.8 Å². The molecule has 0 bridgehead atoms. The van der Waals surface area contributed by atoms with Gasteiger partial charge in [0.25, 0.3) is 5.91 Å². The van der Waals surface area contributed by atoms with Gasteiger partial charge in [0, 0.05) is 18.6 Å². The van der Waals surface area contributed by atoms with E-state index in [4.69, 9.17) is 27.9 Å². The van der Waals surface area contributed by atoms with Crippen LogP contribution in [-0.2, 0) is 16.0 Å². The molecule has 0 saturated carbocycles. The van der Waals surface area contributed by atoms with E-state index < -0.39 is 6.04 Å². The molecule has 0 spiro atoms. The molecule has 0 aliphatic carbocycles. The molecular formula is C20H22Cl2N2O3. The number of benzene rings is 2. The van der Waals surface area contributed by atoms with E-state index in [0.717, 1.165) is 5.56 Å². The molecule has 1 atom stereocenters. The van der Waals surface area contributed by atoms with Gasteiger partial charge >= 0.3 is 0 Å². The van der Waals surface area contributed by atoms with E-state index >= 15 is 0 Å². The number of rotatable bonds is 8. The third-order valence-electron chi connectivity index (χ3n) is 4.14. The zero-order valence-corrected chi connectivity index (χ0v) is 16.8. The standard InChI is InChI=1S/C20H22Cl2N2O3/c1-14(20(26)23-2)24(11-10-15-6-4-3-5-7-15)19(25)13-27-18-9-8-16(21)12-17(18)22/h3-9,12,14H,10-11,13H2,1-2H3,(H,23,26). The van der Waals surface area contributed by atoms with Gasteiger partial charge in [-0.1, -0.05) is 53.5 Å². The Labute approximate surface area is 169 Å². The number of hydrogen-bond acceptors (Lipinski definition) is 3. The van der Waals surface area contributed by atoms with Gasteiger partial charge in [0.2, 0.25) is 5.91 Å². The van der Waals surface area contributed by atoms with Gasteiger partial charge in [0.05, 0.1) is 5.02 Å². The summed E-state index contributed by atoms with van der Waals surface area (Å²) in [6.07, 6.45) is 0.635. The number of ether oxygens (including phenoxy) is 1. The molecule has 0 radical (unpaired) electrons. The molecule has 7 heteroatoms. The van der Waals surface area contributed by atoms with Crippen LogP contribution in [0.2, 0.25) is 10.0 Å². The Bertz CT molecular complexity index is 784. The smallest absolute Gasteiger partial charge is 0.261 e. The number of carbonyl (C=O) groups is 2. The highest BCUT2D eigenvalue weighted by molar-refractivity contribution is 6.35. The first-order valence-electron chi connectivity index (χ1n) is 8.55. The summed E-state index contributed by atoms with van der Waals surface area (Å²) < 4.78 is 5.54. The lowest BCUT2D eigenvalue weighted by Gasteiger charge is -2.28. The molecule has 2 aromatic rings. The van der Waals surface area contributed by atoms with E-state index in [1.165, 1.54) is 4.90 Å². The number of halogens is 2. The van der Waals surface area contributed by atoms with E-state index in [2.05, 4.69) is 5.32 Å². The van der Waals surface area contributed by atoms with Crippen LogP contribution in [0.5, 0.6) is 5.75 Å². The van der Waals surface area contributed by atoms with Crippen LogP contribution in [0, 0.1) is 0 Å². The molecule has 5 nitrogen and oxygen atoms in total. The third kappa shape index (κ3) is 6.15. The first-order valence-corrected chi connectivity index (χ1v) is 9.30. The number of likely N-dealkylation sites (N-methyl/N-ethyl adjacent to an activating group) is 1. The van der Waals surface area contributed by atoms with Gasteiger partial charge in [-0.15, -0.1) is 0 Å². The second-order valence-electron chi connectivity index (χ2n) is 5.98. The summed E-state index contributed by atoms with van der Waals surface area (Å²) >= 11 is 11.9. The molecule has 0 saturated heterocycles. The molecule has 0 heterocycles. The molecule has 2 amide bonds. The summed E-state index contributed by atoms with van der Waals surface area (Å²) in [7, 11) is 1.54. The molecule has 0 aliphatic rings. The number of nitrogens with one attached hydrogen (secondary N) is 1. The second kappa shape index (κ2) is 10.2. The molecule has 1 N–H and O–H groups in total. The molecular weight excluding hydrogens is 387 g/mol. The Morgan fingerprint density at radius 3 is 2.48 bits per heavy atom. The molecule has 0 fully saturated rings. The predicted molar refractivity (Wildman–Crippen MR) is 107 cm³/mol. The van der Waals surface area contributed by atoms with E-state index in [-0.39, 0.29) is 18.4 Å². The highest BCUT2D eigenvalue weighted by Gasteiger charge is 2.25. The highest BCUT2D eigenvalue weighted by atomic mass is 35.5. The van der Waals surface area contributed by atoms with Crippen LogP contribution in [0.1, 0.15) is 12.5 Å². The van der Waals surface area contributed by atoms with E-state index in [0.29, 0.717) is 28.8 Å². The van der Waals surface area contributed by atoms with Crippen molar-refractivity contribution in [3.63, 3.8) is 0 Å². The average molecular weight is 409 g/mol. The fourth-order valence-corrected chi connectivity index (χ4v) is 3.06. The lowest BCUT2D eigenvalue weighted by Crippen LogP contribution is -2.49. The minimum Gasteiger partial charge on any atom is -0.482 e. The Hall–Kier alpha value is -2.24. The molecule has 1 unspecified atom stereocenters. The van der Waals surface area contributed by atoms with Crippen LogP contribution in [0.15, 0.2) is 48.5 Å². The Morgan fingerprint density at radius 1 is 1.15 bits per heavy atom. The van der Waals surface area contributed by atoms with Gasteiger partial charge in [0.15, 0.2) is 6.61 Å². The first kappa shape index (κ1) is 21.1. The summed E-state index contributed by atoms with van der Waals surface area (Å²) in [6.45, 7) is 1.86. The Balaban J connectivity index is 2.06. The maximum Gasteiger partial charge on any atom is 0.261 e. The summed E-state index contributed by atoms with van der Waals surface area (Å²) in [5, 5.41) is 3.39. The monoisotopic (exact) mass is 408 g/mol. The third-order valence-corrected chi connectivity index (χ3v) is 4.67. The predicted octanol–water partition coefficient (Wildman–Crippen LogP) is 3.58. The number of carbonyl (C=O) groups excluding carboxylic acids is 2. The van der Waals surface area contributed by atoms with Crippen molar-refractivity contribution < 1.29 is 14.3 Å². The fraction of sp³-hybridized carbons (Fsp3) is 0.300. The Morgan fingerprint density at radius 2 is 1.85 bits per heavy atom. The van der Waals surface area contributed by atoms with Crippen molar-refractivity contribution in [2.45, 2.75) is 19.4 Å². The van der Waals surface area contributed by atoms with Crippen molar-refractivity contribution in [1.29, 1.82) is 0 Å². The Kier molecular flexibility index (Phi) is 7.95. The maximum atomic E-state index is 12.7. The summed E-state index contributed by atoms with van der Waals surface area (Å²) in [5.74, 6) is -0.168. The molecule has 0 aliphatic heterocycles. The summed E-state index contributed by atoms with van der Waals surface area (Å²) in [4.78, 5) is 26.3. The molecule has 0 aromatic heterocycles. The van der Waals surface area contributed by atoms with E-state index in [9.17, 15) is 9.59 Å². The van der Waals surface area contributed by atoms with Crippen LogP contribution in [0.4, 0.5) is 0 Å². The lowest BCUT2D eigenvalue weighted by molar-refractivity contribution is -0.141. The average Bonchev–Trinajstić information content (AvgIpc) is 2.67. The van der Waals surface area contributed by atoms with E-state index in [1.54, 1.807) is 32.2 Å². The maximum absolute atomic E-state index is 12.7. The molecule has 27 heavy (non-hydrogen) atoms. The van der Waals surface area contributed by atoms with Gasteiger partial charge in [-0.05, 0) is 37.1 Å². The lowest BCUT2D eigenvalue weighted by atomic mass is 10.1. The highest BCUT2D eigenvalue weighted by Crippen LogP contribution is 2.27. The van der Waals surface area contributed by atoms with Crippen LogP contribution < -0.4 is 10.1 Å². The van der Waals surface area contributed by atoms with Gasteiger partial charge < -0.3 is 15.0 Å². The normalized spacial score (nSPS) is 11.6. The van der Waals surface area contributed by atoms with Crippen LogP contribution in [0.3, 0.4) is 0 Å². The van der Waals surface area contributed by atoms with Crippen LogP contribution in [0.25, 0.3) is 0 Å². The van der Waals surface area contributed by atoms with Gasteiger partial charge in [-0.3, -0.25) is 9.59 Å². The topological polar surface area (TPSA) is 58.6 Å². The van der Waals surface area contributed by atoms with Gasteiger partial charge in [-0.2, -0.15) is 0 Å². The number of hydrogen-bond donors (Lipinski definition) is 1. The van der Waals surface area contributed by atoms with Crippen molar-refractivity contribution >= 4 is 35.0 Å². The van der Waals surface area contributed by atoms with Crippen LogP contribution >= 0.6 is 23.2 Å². The molecule has 2 rings (SSSR count). The van der Waals surface area contributed by atoms with Crippen molar-refractivity contribution in [3.8, 4) is 5.75 Å². The summed E-state index contributed by atoms with van der Waals surface area (Å²) in [5.41, 5.74) is 1.08. The molecule has 144 valence electrons. The number of amides is 2. The van der Waals surface area contributed by atoms with Crippen LogP contribution in [-0.4, -0.2) is 43.0 Å². The first-order chi connectivity index (χ1) is 12.9. The van der Waals surface area contributed by atoms with Crippen molar-refractivity contribution in [2.75, 3.05) is 20.2 Å².